The molecule has 0 radical (unpaired) electrons. The Morgan fingerprint density at radius 2 is 1.75 bits per heavy atom. The Balaban J connectivity index is 2.50. The van der Waals surface area contributed by atoms with Crippen LogP contribution in [-0.2, 0) is 0 Å². The molecule has 0 bridgehead atoms. The van der Waals surface area contributed by atoms with Gasteiger partial charge in [0.05, 0.1) is 11.2 Å². The standard InChI is InChI=1S/C15H10ClN3O/c16-10-6-7-12-11(8-10)13(9-4-2-1-3-5-9)19-14(17)15(20)18-12/h1-8H,(H2,17,18,19,20). The number of benzene rings is 2. The number of nitrogens with two attached hydrogens (primary N) is 1. The van der Waals surface area contributed by atoms with E-state index in [2.05, 4.69) is 9.97 Å². The molecule has 0 spiro atoms. The van der Waals surface area contributed by atoms with Crippen molar-refractivity contribution in [1.29, 1.82) is 0 Å². The summed E-state index contributed by atoms with van der Waals surface area (Å²) in [5.74, 6) is -0.129. The number of halogens is 1. The quantitative estimate of drug-likeness (QED) is 0.745. The van der Waals surface area contributed by atoms with Gasteiger partial charge in [0, 0.05) is 16.0 Å². The Bertz CT molecular complexity index is 850. The molecule has 4 nitrogen and oxygen atoms in total. The van der Waals surface area contributed by atoms with Crippen molar-refractivity contribution in [2.75, 3.05) is 5.73 Å². The fraction of sp³-hybridized carbons (Fsp3) is 0. The summed E-state index contributed by atoms with van der Waals surface area (Å²) in [6, 6.07) is 14.6. The molecule has 98 valence electrons. The minimum absolute atomic E-state index is 0.129. The summed E-state index contributed by atoms with van der Waals surface area (Å²) in [6.07, 6.45) is 0. The fourth-order valence-electron chi connectivity index (χ4n) is 2.01. The summed E-state index contributed by atoms with van der Waals surface area (Å²) >= 11 is 6.04. The van der Waals surface area contributed by atoms with Crippen LogP contribution in [0.3, 0.4) is 0 Å². The van der Waals surface area contributed by atoms with Crippen molar-refractivity contribution >= 4 is 28.3 Å². The topological polar surface area (TPSA) is 68.9 Å². The van der Waals surface area contributed by atoms with Crippen LogP contribution in [0.25, 0.3) is 22.2 Å². The van der Waals surface area contributed by atoms with Crippen molar-refractivity contribution in [1.82, 2.24) is 9.97 Å². The van der Waals surface area contributed by atoms with E-state index >= 15 is 0 Å². The van der Waals surface area contributed by atoms with Gasteiger partial charge in [0.15, 0.2) is 5.82 Å². The maximum absolute atomic E-state index is 11.8. The summed E-state index contributed by atoms with van der Waals surface area (Å²) < 4.78 is 0. The van der Waals surface area contributed by atoms with E-state index in [0.29, 0.717) is 21.6 Å². The van der Waals surface area contributed by atoms with Crippen molar-refractivity contribution in [2.45, 2.75) is 0 Å². The van der Waals surface area contributed by atoms with Crippen molar-refractivity contribution in [3.63, 3.8) is 0 Å². The SMILES string of the molecule is Nc1nc(-c2ccccc2)c2cc(Cl)ccc2nc1=O. The van der Waals surface area contributed by atoms with E-state index in [4.69, 9.17) is 17.3 Å². The monoisotopic (exact) mass is 283 g/mol. The Kier molecular flexibility index (Phi) is 3.08. The highest BCUT2D eigenvalue weighted by Gasteiger charge is 2.09. The maximum atomic E-state index is 11.8. The van der Waals surface area contributed by atoms with Gasteiger partial charge in [-0.1, -0.05) is 41.9 Å². The van der Waals surface area contributed by atoms with Crippen molar-refractivity contribution in [3.05, 3.63) is 63.9 Å². The van der Waals surface area contributed by atoms with Crippen molar-refractivity contribution < 1.29 is 0 Å². The van der Waals surface area contributed by atoms with Crippen LogP contribution in [0.2, 0.25) is 5.02 Å². The summed E-state index contributed by atoms with van der Waals surface area (Å²) in [4.78, 5) is 20.0. The summed E-state index contributed by atoms with van der Waals surface area (Å²) in [6.45, 7) is 0. The van der Waals surface area contributed by atoms with Gasteiger partial charge >= 0.3 is 5.56 Å². The molecule has 0 aliphatic heterocycles. The second-order valence-corrected chi connectivity index (χ2v) is 4.73. The number of hydrogen-bond acceptors (Lipinski definition) is 4. The van der Waals surface area contributed by atoms with E-state index in [-0.39, 0.29) is 5.82 Å². The first-order valence-electron chi connectivity index (χ1n) is 5.97. The molecule has 1 aromatic heterocycles. The third kappa shape index (κ3) is 2.21. The molecule has 2 N–H and O–H groups in total. The lowest BCUT2D eigenvalue weighted by molar-refractivity contribution is 1.27. The Morgan fingerprint density at radius 3 is 2.50 bits per heavy atom. The Morgan fingerprint density at radius 1 is 1.00 bits per heavy atom. The van der Waals surface area contributed by atoms with Gasteiger partial charge in [-0.2, -0.15) is 0 Å². The molecule has 2 aromatic carbocycles. The zero-order valence-electron chi connectivity index (χ0n) is 10.4. The van der Waals surface area contributed by atoms with E-state index in [1.165, 1.54) is 0 Å². The van der Waals surface area contributed by atoms with Gasteiger partial charge < -0.3 is 5.73 Å². The van der Waals surface area contributed by atoms with E-state index in [1.807, 2.05) is 30.3 Å². The number of anilines is 1. The van der Waals surface area contributed by atoms with Gasteiger partial charge in [-0.25, -0.2) is 9.97 Å². The lowest BCUT2D eigenvalue weighted by atomic mass is 10.1. The number of nitrogens with zero attached hydrogens (tertiary/aromatic N) is 2. The molecule has 0 aliphatic rings. The average Bonchev–Trinajstić information content (AvgIpc) is 2.58. The zero-order chi connectivity index (χ0) is 14.1. The first-order chi connectivity index (χ1) is 9.65. The number of rotatable bonds is 1. The van der Waals surface area contributed by atoms with Crippen LogP contribution < -0.4 is 11.3 Å². The van der Waals surface area contributed by atoms with Gasteiger partial charge in [0.25, 0.3) is 0 Å². The molecular formula is C15H10ClN3O. The smallest absolute Gasteiger partial charge is 0.312 e. The molecule has 0 amide bonds. The number of aromatic nitrogens is 2. The minimum atomic E-state index is -0.542. The predicted molar refractivity (Wildman–Crippen MR) is 80.7 cm³/mol. The van der Waals surface area contributed by atoms with E-state index in [0.717, 1.165) is 5.56 Å². The van der Waals surface area contributed by atoms with Crippen LogP contribution in [0.5, 0.6) is 0 Å². The average molecular weight is 284 g/mol. The largest absolute Gasteiger partial charge is 0.379 e. The highest BCUT2D eigenvalue weighted by Crippen LogP contribution is 2.26. The lowest BCUT2D eigenvalue weighted by Gasteiger charge is -2.02. The molecule has 3 aromatic rings. The van der Waals surface area contributed by atoms with Gasteiger partial charge in [-0.15, -0.1) is 0 Å². The van der Waals surface area contributed by atoms with Crippen LogP contribution >= 0.6 is 11.6 Å². The first kappa shape index (κ1) is 12.6. The van der Waals surface area contributed by atoms with Crippen LogP contribution in [0.1, 0.15) is 0 Å². The second-order valence-electron chi connectivity index (χ2n) is 4.29. The molecule has 20 heavy (non-hydrogen) atoms. The molecule has 0 unspecified atom stereocenters. The maximum Gasteiger partial charge on any atom is 0.312 e. The number of nitrogen functional groups attached to an aromatic ring is 1. The van der Waals surface area contributed by atoms with E-state index in [1.54, 1.807) is 18.2 Å². The summed E-state index contributed by atoms with van der Waals surface area (Å²) in [5.41, 5.74) is 7.09. The molecule has 0 saturated heterocycles. The van der Waals surface area contributed by atoms with Gasteiger partial charge in [-0.05, 0) is 18.2 Å². The van der Waals surface area contributed by atoms with E-state index < -0.39 is 5.56 Å². The van der Waals surface area contributed by atoms with Crippen molar-refractivity contribution in [2.24, 2.45) is 0 Å². The van der Waals surface area contributed by atoms with Gasteiger partial charge in [0.1, 0.15) is 0 Å². The Labute approximate surface area is 119 Å². The molecule has 0 fully saturated rings. The molecule has 5 heteroatoms. The highest BCUT2D eigenvalue weighted by molar-refractivity contribution is 6.31. The lowest BCUT2D eigenvalue weighted by Crippen LogP contribution is -2.09. The molecule has 1 heterocycles. The molecule has 0 saturated carbocycles. The molecule has 0 aliphatic carbocycles. The van der Waals surface area contributed by atoms with Crippen LogP contribution in [-0.4, -0.2) is 9.97 Å². The molecular weight excluding hydrogens is 274 g/mol. The predicted octanol–water partition coefficient (Wildman–Crippen LogP) is 2.89. The number of hydrogen-bond donors (Lipinski definition) is 1. The summed E-state index contributed by atoms with van der Waals surface area (Å²) in [5, 5.41) is 1.24. The van der Waals surface area contributed by atoms with Crippen LogP contribution in [0, 0.1) is 0 Å². The second kappa shape index (κ2) is 4.90. The van der Waals surface area contributed by atoms with Gasteiger partial charge in [-0.3, -0.25) is 4.79 Å². The third-order valence-corrected chi connectivity index (χ3v) is 3.17. The number of fused-ring (bicyclic) bond motifs is 1. The normalized spacial score (nSPS) is 10.7. The minimum Gasteiger partial charge on any atom is -0.379 e. The molecule has 0 atom stereocenters. The first-order valence-corrected chi connectivity index (χ1v) is 6.35. The van der Waals surface area contributed by atoms with Crippen LogP contribution in [0.15, 0.2) is 53.3 Å². The van der Waals surface area contributed by atoms with Crippen LogP contribution in [0.4, 0.5) is 5.82 Å². The molecule has 3 rings (SSSR count). The van der Waals surface area contributed by atoms with Crippen molar-refractivity contribution in [3.8, 4) is 11.3 Å². The van der Waals surface area contributed by atoms with Gasteiger partial charge in [0.2, 0.25) is 0 Å². The fourth-order valence-corrected chi connectivity index (χ4v) is 2.18. The third-order valence-electron chi connectivity index (χ3n) is 2.93. The zero-order valence-corrected chi connectivity index (χ0v) is 11.1. The Hall–Kier alpha value is -2.46. The summed E-state index contributed by atoms with van der Waals surface area (Å²) in [7, 11) is 0. The van der Waals surface area contributed by atoms with E-state index in [9.17, 15) is 4.79 Å². The highest BCUT2D eigenvalue weighted by atomic mass is 35.5.